The number of methoxy groups -OCH3 is 1. The molecule has 0 amide bonds. The lowest BCUT2D eigenvalue weighted by atomic mass is 10.1. The number of hydrogen-bond donors (Lipinski definition) is 0. The number of ether oxygens (including phenoxy) is 2. The van der Waals surface area contributed by atoms with Crippen LogP contribution in [0.2, 0.25) is 0 Å². The minimum absolute atomic E-state index is 0.224. The Hall–Kier alpha value is -2.31. The normalized spacial score (nSPS) is 11.2. The zero-order valence-corrected chi connectivity index (χ0v) is 9.81. The van der Waals surface area contributed by atoms with Crippen molar-refractivity contribution in [2.45, 2.75) is 6.36 Å². The molecular formula is C12H9F3N2O2. The highest BCUT2D eigenvalue weighted by Gasteiger charge is 2.31. The Labute approximate surface area is 106 Å². The minimum Gasteiger partial charge on any atom is -0.496 e. The Morgan fingerprint density at radius 1 is 1.16 bits per heavy atom. The third kappa shape index (κ3) is 3.34. The van der Waals surface area contributed by atoms with Gasteiger partial charge in [0.05, 0.1) is 19.0 Å². The Morgan fingerprint density at radius 3 is 2.53 bits per heavy atom. The van der Waals surface area contributed by atoms with E-state index in [9.17, 15) is 13.2 Å². The lowest BCUT2D eigenvalue weighted by Gasteiger charge is -2.12. The van der Waals surface area contributed by atoms with Crippen molar-refractivity contribution in [3.63, 3.8) is 0 Å². The maximum absolute atomic E-state index is 12.1. The highest BCUT2D eigenvalue weighted by atomic mass is 19.4. The van der Waals surface area contributed by atoms with E-state index in [2.05, 4.69) is 14.7 Å². The first-order chi connectivity index (χ1) is 8.99. The van der Waals surface area contributed by atoms with Crippen LogP contribution in [0.15, 0.2) is 36.8 Å². The monoisotopic (exact) mass is 270 g/mol. The molecule has 0 saturated heterocycles. The summed E-state index contributed by atoms with van der Waals surface area (Å²) < 4.78 is 45.2. The van der Waals surface area contributed by atoms with E-state index in [0.717, 1.165) is 6.07 Å². The largest absolute Gasteiger partial charge is 0.573 e. The van der Waals surface area contributed by atoms with Crippen LogP contribution in [-0.2, 0) is 0 Å². The SMILES string of the molecule is COc1cc(OC(F)(F)F)ccc1-c1cnccn1. The first-order valence-electron chi connectivity index (χ1n) is 5.20. The summed E-state index contributed by atoms with van der Waals surface area (Å²) in [5, 5.41) is 0. The fraction of sp³-hybridized carbons (Fsp3) is 0.167. The lowest BCUT2D eigenvalue weighted by molar-refractivity contribution is -0.274. The van der Waals surface area contributed by atoms with Gasteiger partial charge >= 0.3 is 6.36 Å². The van der Waals surface area contributed by atoms with E-state index >= 15 is 0 Å². The summed E-state index contributed by atoms with van der Waals surface area (Å²) in [5.41, 5.74) is 1.03. The van der Waals surface area contributed by atoms with Crippen molar-refractivity contribution < 1.29 is 22.6 Å². The summed E-state index contributed by atoms with van der Waals surface area (Å²) in [7, 11) is 1.35. The molecule has 7 heteroatoms. The van der Waals surface area contributed by atoms with Crippen molar-refractivity contribution in [3.05, 3.63) is 36.8 Å². The molecule has 0 fully saturated rings. The molecule has 0 saturated carbocycles. The molecule has 0 aliphatic carbocycles. The van der Waals surface area contributed by atoms with Crippen molar-refractivity contribution in [1.29, 1.82) is 0 Å². The summed E-state index contributed by atoms with van der Waals surface area (Å²) in [5.74, 6) is -0.126. The first-order valence-corrected chi connectivity index (χ1v) is 5.20. The van der Waals surface area contributed by atoms with Crippen LogP contribution in [0.1, 0.15) is 0 Å². The molecule has 0 atom stereocenters. The van der Waals surface area contributed by atoms with Gasteiger partial charge in [-0.25, -0.2) is 0 Å². The van der Waals surface area contributed by atoms with Crippen LogP contribution in [0.5, 0.6) is 11.5 Å². The van der Waals surface area contributed by atoms with E-state index in [1.54, 1.807) is 0 Å². The number of hydrogen-bond acceptors (Lipinski definition) is 4. The highest BCUT2D eigenvalue weighted by Crippen LogP contribution is 2.33. The zero-order valence-electron chi connectivity index (χ0n) is 9.81. The van der Waals surface area contributed by atoms with E-state index in [-0.39, 0.29) is 11.5 Å². The molecule has 1 heterocycles. The van der Waals surface area contributed by atoms with Gasteiger partial charge in [-0.1, -0.05) is 0 Å². The second-order valence-corrected chi connectivity index (χ2v) is 3.50. The van der Waals surface area contributed by atoms with E-state index < -0.39 is 6.36 Å². The quantitative estimate of drug-likeness (QED) is 0.859. The maximum Gasteiger partial charge on any atom is 0.573 e. The molecule has 100 valence electrons. The van der Waals surface area contributed by atoms with E-state index in [1.807, 2.05) is 0 Å². The van der Waals surface area contributed by atoms with Crippen LogP contribution >= 0.6 is 0 Å². The molecule has 1 aromatic carbocycles. The lowest BCUT2D eigenvalue weighted by Crippen LogP contribution is -2.17. The van der Waals surface area contributed by atoms with Crippen molar-refractivity contribution in [2.24, 2.45) is 0 Å². The number of nitrogens with zero attached hydrogens (tertiary/aromatic N) is 2. The number of aromatic nitrogens is 2. The van der Waals surface area contributed by atoms with Gasteiger partial charge < -0.3 is 9.47 Å². The standard InChI is InChI=1S/C12H9F3N2O2/c1-18-11-6-8(19-12(13,14)15)2-3-9(11)10-7-16-4-5-17-10/h2-7H,1H3. The molecule has 0 N–H and O–H groups in total. The van der Waals surface area contributed by atoms with Gasteiger partial charge in [0, 0.05) is 24.0 Å². The molecule has 0 radical (unpaired) electrons. The minimum atomic E-state index is -4.74. The van der Waals surface area contributed by atoms with Gasteiger partial charge in [-0.2, -0.15) is 0 Å². The Morgan fingerprint density at radius 2 is 1.95 bits per heavy atom. The van der Waals surface area contributed by atoms with Crippen LogP contribution in [-0.4, -0.2) is 23.4 Å². The Kier molecular flexibility index (Phi) is 3.55. The van der Waals surface area contributed by atoms with Gasteiger partial charge in [0.25, 0.3) is 0 Å². The number of benzene rings is 1. The third-order valence-corrected chi connectivity index (χ3v) is 2.25. The van der Waals surface area contributed by atoms with Crippen molar-refractivity contribution in [1.82, 2.24) is 9.97 Å². The first kappa shape index (κ1) is 13.1. The summed E-state index contributed by atoms with van der Waals surface area (Å²) >= 11 is 0. The average Bonchev–Trinajstić information content (AvgIpc) is 2.37. The van der Waals surface area contributed by atoms with Crippen LogP contribution < -0.4 is 9.47 Å². The molecule has 2 aromatic rings. The fourth-order valence-corrected chi connectivity index (χ4v) is 1.52. The fourth-order valence-electron chi connectivity index (χ4n) is 1.52. The smallest absolute Gasteiger partial charge is 0.496 e. The predicted octanol–water partition coefficient (Wildman–Crippen LogP) is 3.05. The average molecular weight is 270 g/mol. The van der Waals surface area contributed by atoms with Crippen LogP contribution in [0.25, 0.3) is 11.3 Å². The molecule has 2 rings (SSSR count). The Bertz CT molecular complexity index is 559. The molecule has 0 unspecified atom stereocenters. The Balaban J connectivity index is 2.37. The van der Waals surface area contributed by atoms with Crippen LogP contribution in [0.4, 0.5) is 13.2 Å². The predicted molar refractivity (Wildman–Crippen MR) is 60.7 cm³/mol. The summed E-state index contributed by atoms with van der Waals surface area (Å²) in [6.07, 6.45) is -0.271. The van der Waals surface area contributed by atoms with E-state index in [1.165, 1.54) is 37.8 Å². The molecule has 0 bridgehead atoms. The molecule has 19 heavy (non-hydrogen) atoms. The zero-order chi connectivity index (χ0) is 13.9. The van der Waals surface area contributed by atoms with E-state index in [0.29, 0.717) is 11.3 Å². The van der Waals surface area contributed by atoms with Crippen LogP contribution in [0, 0.1) is 0 Å². The number of rotatable bonds is 3. The van der Waals surface area contributed by atoms with Gasteiger partial charge in [-0.05, 0) is 12.1 Å². The van der Waals surface area contributed by atoms with Crippen molar-refractivity contribution in [2.75, 3.05) is 7.11 Å². The van der Waals surface area contributed by atoms with Crippen LogP contribution in [0.3, 0.4) is 0 Å². The summed E-state index contributed by atoms with van der Waals surface area (Å²) in [6.45, 7) is 0. The molecule has 0 spiro atoms. The topological polar surface area (TPSA) is 44.2 Å². The molecule has 4 nitrogen and oxygen atoms in total. The van der Waals surface area contributed by atoms with Crippen molar-refractivity contribution >= 4 is 0 Å². The third-order valence-electron chi connectivity index (χ3n) is 2.25. The summed E-state index contributed by atoms with van der Waals surface area (Å²) in [6, 6.07) is 3.78. The van der Waals surface area contributed by atoms with Gasteiger partial charge in [0.2, 0.25) is 0 Å². The number of alkyl halides is 3. The van der Waals surface area contributed by atoms with Gasteiger partial charge in [0.15, 0.2) is 0 Å². The second kappa shape index (κ2) is 5.13. The summed E-state index contributed by atoms with van der Waals surface area (Å²) in [4.78, 5) is 7.95. The molecule has 0 aliphatic heterocycles. The van der Waals surface area contributed by atoms with Gasteiger partial charge in [0.1, 0.15) is 11.5 Å². The van der Waals surface area contributed by atoms with Gasteiger partial charge in [-0.15, -0.1) is 13.2 Å². The second-order valence-electron chi connectivity index (χ2n) is 3.50. The van der Waals surface area contributed by atoms with Gasteiger partial charge in [-0.3, -0.25) is 9.97 Å². The van der Waals surface area contributed by atoms with E-state index in [4.69, 9.17) is 4.74 Å². The van der Waals surface area contributed by atoms with Crippen molar-refractivity contribution in [3.8, 4) is 22.8 Å². The number of halogens is 3. The molecule has 1 aromatic heterocycles. The maximum atomic E-state index is 12.1. The molecular weight excluding hydrogens is 261 g/mol. The highest BCUT2D eigenvalue weighted by molar-refractivity contribution is 5.67. The molecule has 0 aliphatic rings.